The molecular formula is C17H20N6O4S. The van der Waals surface area contributed by atoms with E-state index in [1.807, 2.05) is 11.5 Å². The third-order valence-electron chi connectivity index (χ3n) is 5.15. The maximum absolute atomic E-state index is 13.0. The Balaban J connectivity index is 1.59. The third-order valence-corrected chi connectivity index (χ3v) is 7.05. The first-order valence-corrected chi connectivity index (χ1v) is 10.5. The Morgan fingerprint density at radius 3 is 2.64 bits per heavy atom. The molecule has 2 aromatic heterocycles. The second kappa shape index (κ2) is 6.99. The number of fused-ring (bicyclic) bond motifs is 1. The van der Waals surface area contributed by atoms with E-state index in [1.165, 1.54) is 22.5 Å². The minimum Gasteiger partial charge on any atom is -0.318 e. The molecule has 1 fully saturated rings. The van der Waals surface area contributed by atoms with Crippen LogP contribution in [0.4, 0.5) is 0 Å². The Hall–Kier alpha value is -2.79. The summed E-state index contributed by atoms with van der Waals surface area (Å²) >= 11 is 0. The van der Waals surface area contributed by atoms with Gasteiger partial charge in [-0.25, -0.2) is 13.2 Å². The summed E-state index contributed by atoms with van der Waals surface area (Å²) in [7, 11) is -3.74. The van der Waals surface area contributed by atoms with Crippen molar-refractivity contribution in [1.29, 1.82) is 0 Å². The summed E-state index contributed by atoms with van der Waals surface area (Å²) in [6, 6.07) is 4.15. The zero-order valence-electron chi connectivity index (χ0n) is 15.3. The van der Waals surface area contributed by atoms with E-state index in [9.17, 15) is 18.0 Å². The molecule has 2 N–H and O–H groups in total. The van der Waals surface area contributed by atoms with Crippen LogP contribution in [-0.2, 0) is 16.6 Å². The van der Waals surface area contributed by atoms with Gasteiger partial charge >= 0.3 is 5.69 Å². The van der Waals surface area contributed by atoms with Crippen LogP contribution in [0.2, 0.25) is 0 Å². The van der Waals surface area contributed by atoms with Crippen LogP contribution in [0.15, 0.2) is 39.0 Å². The van der Waals surface area contributed by atoms with Crippen molar-refractivity contribution >= 4 is 20.9 Å². The lowest BCUT2D eigenvalue weighted by Crippen LogP contribution is -2.38. The lowest BCUT2D eigenvalue weighted by Gasteiger charge is -2.30. The van der Waals surface area contributed by atoms with Crippen LogP contribution in [0.3, 0.4) is 0 Å². The fourth-order valence-electron chi connectivity index (χ4n) is 3.63. The van der Waals surface area contributed by atoms with Crippen molar-refractivity contribution in [2.75, 3.05) is 13.1 Å². The van der Waals surface area contributed by atoms with Gasteiger partial charge < -0.3 is 9.55 Å². The summed E-state index contributed by atoms with van der Waals surface area (Å²) in [5.74, 6) is 1.05. The standard InChI is InChI=1S/C17H20N6O4S/c1-2-22-10-18-21-15(22)11-5-7-23(8-6-11)28(26,27)12-3-4-14-13(9-12)16(24)20-17(25)19-14/h3-4,9-11H,2,5-8H2,1H3,(H2,19,20,24,25). The van der Waals surface area contributed by atoms with Gasteiger partial charge in [-0.15, -0.1) is 10.2 Å². The third kappa shape index (κ3) is 3.16. The van der Waals surface area contributed by atoms with Crippen molar-refractivity contribution in [2.24, 2.45) is 0 Å². The number of piperidine rings is 1. The number of hydrogen-bond acceptors (Lipinski definition) is 6. The number of nitrogens with zero attached hydrogens (tertiary/aromatic N) is 4. The van der Waals surface area contributed by atoms with Crippen LogP contribution >= 0.6 is 0 Å². The molecule has 1 aliphatic rings. The van der Waals surface area contributed by atoms with Crippen molar-refractivity contribution < 1.29 is 8.42 Å². The van der Waals surface area contributed by atoms with E-state index in [-0.39, 0.29) is 16.2 Å². The Labute approximate surface area is 160 Å². The second-order valence-electron chi connectivity index (χ2n) is 6.77. The first kappa shape index (κ1) is 18.6. The van der Waals surface area contributed by atoms with Gasteiger partial charge in [-0.05, 0) is 38.0 Å². The van der Waals surface area contributed by atoms with Crippen LogP contribution in [0.1, 0.15) is 31.5 Å². The van der Waals surface area contributed by atoms with E-state index < -0.39 is 21.3 Å². The van der Waals surface area contributed by atoms with Gasteiger partial charge in [0.15, 0.2) is 0 Å². The zero-order chi connectivity index (χ0) is 19.9. The summed E-state index contributed by atoms with van der Waals surface area (Å²) in [5.41, 5.74) is -0.950. The quantitative estimate of drug-likeness (QED) is 0.646. The molecule has 0 atom stereocenters. The molecule has 0 unspecified atom stereocenters. The number of aromatic amines is 2. The fraction of sp³-hybridized carbons (Fsp3) is 0.412. The molecule has 148 valence electrons. The largest absolute Gasteiger partial charge is 0.326 e. The van der Waals surface area contributed by atoms with Crippen molar-refractivity contribution in [3.8, 4) is 0 Å². The van der Waals surface area contributed by atoms with Gasteiger partial charge in [0.25, 0.3) is 5.56 Å². The molecule has 1 aromatic carbocycles. The maximum Gasteiger partial charge on any atom is 0.326 e. The molecule has 3 aromatic rings. The first-order valence-electron chi connectivity index (χ1n) is 9.04. The molecule has 28 heavy (non-hydrogen) atoms. The minimum atomic E-state index is -3.74. The predicted molar refractivity (Wildman–Crippen MR) is 102 cm³/mol. The van der Waals surface area contributed by atoms with Crippen LogP contribution in [0, 0.1) is 0 Å². The highest BCUT2D eigenvalue weighted by Gasteiger charge is 2.31. The molecule has 1 aliphatic heterocycles. The summed E-state index contributed by atoms with van der Waals surface area (Å²) in [6.45, 7) is 3.52. The summed E-state index contributed by atoms with van der Waals surface area (Å²) in [6.07, 6.45) is 2.99. The Morgan fingerprint density at radius 2 is 1.93 bits per heavy atom. The predicted octanol–water partition coefficient (Wildman–Crippen LogP) is 0.396. The average Bonchev–Trinajstić information content (AvgIpc) is 3.16. The molecule has 0 aliphatic carbocycles. The lowest BCUT2D eigenvalue weighted by molar-refractivity contribution is 0.309. The Bertz CT molecular complexity index is 1230. The highest BCUT2D eigenvalue weighted by molar-refractivity contribution is 7.89. The number of benzene rings is 1. The van der Waals surface area contributed by atoms with Gasteiger partial charge in [0.05, 0.1) is 15.8 Å². The minimum absolute atomic E-state index is 0.0349. The van der Waals surface area contributed by atoms with E-state index in [0.717, 1.165) is 12.4 Å². The van der Waals surface area contributed by atoms with Crippen LogP contribution in [0.25, 0.3) is 10.9 Å². The van der Waals surface area contributed by atoms with E-state index in [2.05, 4.69) is 20.2 Å². The van der Waals surface area contributed by atoms with Gasteiger partial charge in [-0.2, -0.15) is 4.31 Å². The van der Waals surface area contributed by atoms with Crippen molar-refractivity contribution in [1.82, 2.24) is 29.0 Å². The molecule has 0 amide bonds. The number of aryl methyl sites for hydroxylation is 1. The smallest absolute Gasteiger partial charge is 0.318 e. The highest BCUT2D eigenvalue weighted by Crippen LogP contribution is 2.30. The number of aromatic nitrogens is 5. The van der Waals surface area contributed by atoms with Gasteiger partial charge in [0, 0.05) is 25.6 Å². The molecule has 3 heterocycles. The SMILES string of the molecule is CCn1cnnc1C1CCN(S(=O)(=O)c2ccc3[nH]c(=O)[nH]c(=O)c3c2)CC1. The number of nitrogens with one attached hydrogen (secondary N) is 2. The molecule has 0 spiro atoms. The molecule has 11 heteroatoms. The first-order chi connectivity index (χ1) is 13.4. The van der Waals surface area contributed by atoms with Crippen molar-refractivity contribution in [3.63, 3.8) is 0 Å². The number of H-pyrrole nitrogens is 2. The number of hydrogen-bond donors (Lipinski definition) is 2. The van der Waals surface area contributed by atoms with Crippen LogP contribution in [-0.4, -0.2) is 50.5 Å². The summed E-state index contributed by atoms with van der Waals surface area (Å²) < 4.78 is 29.5. The van der Waals surface area contributed by atoms with Gasteiger partial charge in [0.1, 0.15) is 12.2 Å². The molecule has 1 saturated heterocycles. The van der Waals surface area contributed by atoms with E-state index in [1.54, 1.807) is 6.33 Å². The second-order valence-corrected chi connectivity index (χ2v) is 8.71. The Kier molecular flexibility index (Phi) is 4.63. The molecule has 0 radical (unpaired) electrons. The topological polar surface area (TPSA) is 134 Å². The molecule has 10 nitrogen and oxygen atoms in total. The normalized spacial score (nSPS) is 16.6. The van der Waals surface area contributed by atoms with E-state index in [4.69, 9.17) is 0 Å². The molecular weight excluding hydrogens is 384 g/mol. The van der Waals surface area contributed by atoms with Gasteiger partial charge in [0.2, 0.25) is 10.0 Å². The van der Waals surface area contributed by atoms with Gasteiger partial charge in [-0.1, -0.05) is 0 Å². The van der Waals surface area contributed by atoms with Crippen molar-refractivity contribution in [3.05, 3.63) is 51.2 Å². The summed E-state index contributed by atoms with van der Waals surface area (Å²) in [4.78, 5) is 28.0. The van der Waals surface area contributed by atoms with Crippen LogP contribution in [0.5, 0.6) is 0 Å². The molecule has 0 bridgehead atoms. The maximum atomic E-state index is 13.0. The summed E-state index contributed by atoms with van der Waals surface area (Å²) in [5, 5.41) is 8.27. The lowest BCUT2D eigenvalue weighted by atomic mass is 9.97. The highest BCUT2D eigenvalue weighted by atomic mass is 32.2. The van der Waals surface area contributed by atoms with E-state index >= 15 is 0 Å². The van der Waals surface area contributed by atoms with E-state index in [0.29, 0.717) is 31.4 Å². The van der Waals surface area contributed by atoms with Crippen molar-refractivity contribution in [2.45, 2.75) is 37.1 Å². The monoisotopic (exact) mass is 404 g/mol. The number of rotatable bonds is 4. The zero-order valence-corrected chi connectivity index (χ0v) is 16.1. The molecule has 0 saturated carbocycles. The Morgan fingerprint density at radius 1 is 1.18 bits per heavy atom. The van der Waals surface area contributed by atoms with Gasteiger partial charge in [-0.3, -0.25) is 9.78 Å². The number of sulfonamides is 1. The molecule has 4 rings (SSSR count). The average molecular weight is 404 g/mol. The van der Waals surface area contributed by atoms with Crippen LogP contribution < -0.4 is 11.2 Å². The fourth-order valence-corrected chi connectivity index (χ4v) is 5.13.